The summed E-state index contributed by atoms with van der Waals surface area (Å²) in [7, 11) is -20.1. The first-order valence-electron chi connectivity index (χ1n) is 25.8. The van der Waals surface area contributed by atoms with Crippen molar-refractivity contribution in [2.75, 3.05) is 0 Å². The summed E-state index contributed by atoms with van der Waals surface area (Å²) < 4.78 is 9.00. The second-order valence-corrected chi connectivity index (χ2v) is 110. The van der Waals surface area contributed by atoms with Crippen molar-refractivity contribution in [2.24, 2.45) is 0 Å². The lowest BCUT2D eigenvalue weighted by molar-refractivity contribution is 0.579. The Morgan fingerprint density at radius 2 is 0.730 bits per heavy atom. The Bertz CT molecular complexity index is 1480. The van der Waals surface area contributed by atoms with Gasteiger partial charge < -0.3 is 4.43 Å². The van der Waals surface area contributed by atoms with E-state index in [1.165, 1.54) is 37.0 Å². The van der Waals surface area contributed by atoms with Crippen molar-refractivity contribution in [2.45, 2.75) is 272 Å². The van der Waals surface area contributed by atoms with E-state index >= 15 is 0 Å². The number of benzene rings is 1. The van der Waals surface area contributed by atoms with Gasteiger partial charge in [0.15, 0.2) is 0 Å². The average Bonchev–Trinajstić information content (AvgIpc) is 3.49. The largest absolute Gasteiger partial charge is 0.548 e. The van der Waals surface area contributed by atoms with Gasteiger partial charge in [0.1, 0.15) is 12.7 Å². The molecule has 1 aromatic rings. The molecular formula is C49H112OSSi12. The predicted octanol–water partition coefficient (Wildman–Crippen LogP) is 18.5. The van der Waals surface area contributed by atoms with Crippen molar-refractivity contribution >= 4 is 106 Å². The van der Waals surface area contributed by atoms with Gasteiger partial charge in [-0.05, 0) is 41.2 Å². The topological polar surface area (TPSA) is 9.23 Å². The molecule has 1 aromatic carbocycles. The highest BCUT2D eigenvalue weighted by Crippen LogP contribution is 2.64. The molecule has 0 N–H and O–H groups in total. The number of rotatable bonds is 21. The fraction of sp³-hybridized carbons (Fsp3) is 0.878. The maximum Gasteiger partial charge on any atom is 0.252 e. The average molecular weight is 1090 g/mol. The van der Waals surface area contributed by atoms with Crippen molar-refractivity contribution in [1.29, 1.82) is 0 Å². The van der Waals surface area contributed by atoms with Crippen LogP contribution in [0.3, 0.4) is 0 Å². The third-order valence-corrected chi connectivity index (χ3v) is 138. The minimum Gasteiger partial charge on any atom is -0.548 e. The summed E-state index contributed by atoms with van der Waals surface area (Å²) in [4.78, 5) is 3.84. The zero-order valence-electron chi connectivity index (χ0n) is 48.5. The molecular weight excluding hydrogens is 974 g/mol. The Hall–Kier alpha value is 1.97. The van der Waals surface area contributed by atoms with E-state index in [4.69, 9.17) is 4.43 Å². The molecule has 1 aliphatic carbocycles. The van der Waals surface area contributed by atoms with Crippen LogP contribution < -0.4 is 4.43 Å². The molecule has 0 spiro atoms. The summed E-state index contributed by atoms with van der Waals surface area (Å²) in [6.07, 6.45) is 5.81. The van der Waals surface area contributed by atoms with Crippen LogP contribution in [0.15, 0.2) is 24.3 Å². The molecule has 0 amide bonds. The lowest BCUT2D eigenvalue weighted by atomic mass is 9.87. The standard InChI is InChI=1S/C49H112OSSi12/c1-40(2)62(45(54(8,9)10)55(11,12)13,46(56(14,15)16)57(17,18)19)52(50-43-38-36-42(37-39-43)49(5,6)7)53(51-44-34-32-33-35-44)63(41(3)4,47(58(20,21)22)59(23,24)25)48(60(26,27)28)61(29,30)31/h36-41,44-48H,32-35H2,1-31H3. The summed E-state index contributed by atoms with van der Waals surface area (Å²) >= 11 is 2.83. The first-order chi connectivity index (χ1) is 27.6. The van der Waals surface area contributed by atoms with E-state index in [9.17, 15) is 0 Å². The van der Waals surface area contributed by atoms with Gasteiger partial charge in [0, 0.05) is 64.6 Å². The van der Waals surface area contributed by atoms with Crippen LogP contribution in [0.4, 0.5) is 0 Å². The maximum absolute atomic E-state index is 9.00. The molecule has 1 nitrogen and oxygen atoms in total. The van der Waals surface area contributed by atoms with Crippen LogP contribution in [-0.4, -0.2) is 100 Å². The first-order valence-corrected chi connectivity index (χ1v) is 66.4. The summed E-state index contributed by atoms with van der Waals surface area (Å²) in [6.45, 7) is 87.4. The van der Waals surface area contributed by atoms with Crippen molar-refractivity contribution < 1.29 is 4.43 Å². The molecule has 0 saturated heterocycles. The highest BCUT2D eigenvalue weighted by Gasteiger charge is 2.76. The lowest BCUT2D eigenvalue weighted by Crippen LogP contribution is -2.86. The third kappa shape index (κ3) is 13.9. The fourth-order valence-corrected chi connectivity index (χ4v) is 243. The summed E-state index contributed by atoms with van der Waals surface area (Å²) in [5.74, 6) is 1.28. The van der Waals surface area contributed by atoms with Gasteiger partial charge in [-0.2, -0.15) is 11.2 Å². The molecule has 63 heavy (non-hydrogen) atoms. The molecule has 0 aromatic heterocycles. The van der Waals surface area contributed by atoms with Gasteiger partial charge in [-0.1, -0.05) is 261 Å². The SMILES string of the molecule is CC(C)[Si](C([Si](C)(C)C)[Si](C)(C)C)(C([Si](C)(C)C)[Si](C)(C)C)[Si](Oc1ccc(C(C)(C)C)cc1)[Si](SC1CCCC1)[Si](C(C)C)(C([Si](C)(C)C)[Si](C)(C)C)C([Si](C)(C)C)[Si](C)(C)C. The summed E-state index contributed by atoms with van der Waals surface area (Å²) in [5, 5.41) is 0.831. The molecule has 2 rings (SSSR count). The molecule has 368 valence electrons. The van der Waals surface area contributed by atoms with Crippen molar-refractivity contribution in [3.8, 4) is 5.75 Å². The van der Waals surface area contributed by atoms with Crippen LogP contribution in [0.25, 0.3) is 0 Å². The van der Waals surface area contributed by atoms with Crippen molar-refractivity contribution in [3.05, 3.63) is 29.8 Å². The van der Waals surface area contributed by atoms with Gasteiger partial charge in [-0.3, -0.25) is 0 Å². The monoisotopic (exact) mass is 1080 g/mol. The van der Waals surface area contributed by atoms with Crippen LogP contribution >= 0.6 is 11.2 Å². The summed E-state index contributed by atoms with van der Waals surface area (Å²) in [5.41, 5.74) is 3.09. The van der Waals surface area contributed by atoms with Gasteiger partial charge in [0.25, 0.3) is 8.08 Å². The Morgan fingerprint density at radius 1 is 0.460 bits per heavy atom. The van der Waals surface area contributed by atoms with Crippen LogP contribution in [-0.2, 0) is 5.41 Å². The molecule has 14 heteroatoms. The minimum absolute atomic E-state index is 0.126. The quantitative estimate of drug-likeness (QED) is 0.114. The normalized spacial score (nSPS) is 17.1. The Labute approximate surface area is 414 Å². The van der Waals surface area contributed by atoms with E-state index in [1.807, 2.05) is 0 Å². The van der Waals surface area contributed by atoms with Gasteiger partial charge in [-0.15, -0.1) is 0 Å². The van der Waals surface area contributed by atoms with E-state index < -0.39 is 94.8 Å². The molecule has 1 aliphatic rings. The van der Waals surface area contributed by atoms with E-state index in [0.29, 0.717) is 0 Å². The van der Waals surface area contributed by atoms with E-state index in [1.54, 1.807) is 0 Å². The van der Waals surface area contributed by atoms with E-state index in [0.717, 1.165) is 35.5 Å². The second kappa shape index (κ2) is 20.6. The van der Waals surface area contributed by atoms with Gasteiger partial charge in [0.2, 0.25) is 0 Å². The molecule has 1 saturated carbocycles. The molecule has 0 bridgehead atoms. The van der Waals surface area contributed by atoms with Crippen LogP contribution in [0.1, 0.15) is 79.7 Å². The zero-order valence-corrected chi connectivity index (χ0v) is 61.3. The Morgan fingerprint density at radius 3 is 0.968 bits per heavy atom. The highest BCUT2D eigenvalue weighted by atomic mass is 32.4. The fourth-order valence-electron chi connectivity index (χ4n) is 16.6. The third-order valence-electron chi connectivity index (χ3n) is 15.3. The highest BCUT2D eigenvalue weighted by molar-refractivity contribution is 8.39. The molecule has 0 aliphatic heterocycles. The Balaban J connectivity index is 3.92. The summed E-state index contributed by atoms with van der Waals surface area (Å²) in [6, 6.07) is 10.1. The van der Waals surface area contributed by atoms with Crippen LogP contribution in [0, 0.1) is 0 Å². The van der Waals surface area contributed by atoms with Crippen molar-refractivity contribution in [3.63, 3.8) is 0 Å². The first kappa shape index (κ1) is 61.1. The molecule has 1 fully saturated rings. The van der Waals surface area contributed by atoms with Crippen molar-refractivity contribution in [1.82, 2.24) is 0 Å². The van der Waals surface area contributed by atoms with Crippen LogP contribution in [0.5, 0.6) is 5.75 Å². The zero-order chi connectivity index (χ0) is 49.9. The number of hydrogen-bond acceptors (Lipinski definition) is 2. The molecule has 2 radical (unpaired) electrons. The van der Waals surface area contributed by atoms with E-state index in [2.05, 4.69) is 241 Å². The lowest BCUT2D eigenvalue weighted by Gasteiger charge is -2.68. The molecule has 0 unspecified atom stereocenters. The minimum atomic E-state index is -2.41. The van der Waals surface area contributed by atoms with Crippen LogP contribution in [0.2, 0.25) is 187 Å². The maximum atomic E-state index is 9.00. The van der Waals surface area contributed by atoms with Gasteiger partial charge in [-0.25, -0.2) is 0 Å². The van der Waals surface area contributed by atoms with Gasteiger partial charge in [0.05, 0.1) is 15.2 Å². The molecule has 0 heterocycles. The second-order valence-electron chi connectivity index (χ2n) is 31.4. The molecule has 0 atom stereocenters. The van der Waals surface area contributed by atoms with E-state index in [-0.39, 0.29) is 5.41 Å². The Kier molecular flexibility index (Phi) is 20.0. The number of hydrogen-bond donors (Lipinski definition) is 0. The smallest absolute Gasteiger partial charge is 0.252 e. The van der Waals surface area contributed by atoms with Gasteiger partial charge >= 0.3 is 0 Å². The predicted molar refractivity (Wildman–Crippen MR) is 331 cm³/mol.